The summed E-state index contributed by atoms with van der Waals surface area (Å²) in [5.74, 6) is -3.22. The number of nitrogens with zero attached hydrogens (tertiary/aromatic N) is 1. The number of amides is 2. The average molecular weight is 363 g/mol. The van der Waals surface area contributed by atoms with Crippen molar-refractivity contribution in [1.29, 1.82) is 0 Å². The Balaban J connectivity index is 2.89. The lowest BCUT2D eigenvalue weighted by Gasteiger charge is -2.23. The van der Waals surface area contributed by atoms with E-state index in [-0.39, 0.29) is 10.4 Å². The van der Waals surface area contributed by atoms with Crippen molar-refractivity contribution in [3.63, 3.8) is 0 Å². The topological polar surface area (TPSA) is 49.4 Å². The van der Waals surface area contributed by atoms with Gasteiger partial charge in [0, 0.05) is 17.6 Å². The minimum absolute atomic E-state index is 0.196. The standard InChI is InChI=1S/C14H17BrF2N2O2/c1-4-19(5-2)14(21)8(3)18-13(20)12-10(16)6-9(15)7-11(12)17/h6-8H,4-5H2,1-3H3,(H,18,20). The SMILES string of the molecule is CCN(CC)C(=O)C(C)NC(=O)c1c(F)cc(Br)cc1F. The molecule has 0 radical (unpaired) electrons. The number of carbonyl (C=O) groups is 2. The van der Waals surface area contributed by atoms with Gasteiger partial charge >= 0.3 is 0 Å². The summed E-state index contributed by atoms with van der Waals surface area (Å²) in [6, 6.07) is 1.13. The van der Waals surface area contributed by atoms with E-state index in [2.05, 4.69) is 21.2 Å². The number of halogens is 3. The first kappa shape index (κ1) is 17.6. The molecule has 7 heteroatoms. The Bertz CT molecular complexity index is 525. The van der Waals surface area contributed by atoms with E-state index in [4.69, 9.17) is 0 Å². The van der Waals surface area contributed by atoms with E-state index in [0.29, 0.717) is 13.1 Å². The largest absolute Gasteiger partial charge is 0.341 e. The van der Waals surface area contributed by atoms with Gasteiger partial charge in [0.05, 0.1) is 0 Å². The average Bonchev–Trinajstić information content (AvgIpc) is 2.38. The van der Waals surface area contributed by atoms with E-state index in [0.717, 1.165) is 12.1 Å². The molecule has 0 saturated carbocycles. The van der Waals surface area contributed by atoms with Crippen molar-refractivity contribution in [3.8, 4) is 0 Å². The second kappa shape index (κ2) is 7.49. The number of likely N-dealkylation sites (N-methyl/N-ethyl adjacent to an activating group) is 1. The summed E-state index contributed by atoms with van der Waals surface area (Å²) >= 11 is 2.94. The molecule has 1 unspecified atom stereocenters. The predicted octanol–water partition coefficient (Wildman–Crippen LogP) is 2.71. The fourth-order valence-corrected chi connectivity index (χ4v) is 2.30. The van der Waals surface area contributed by atoms with Crippen LogP contribution in [0.5, 0.6) is 0 Å². The van der Waals surface area contributed by atoms with E-state index in [1.54, 1.807) is 0 Å². The third-order valence-electron chi connectivity index (χ3n) is 3.03. The van der Waals surface area contributed by atoms with Gasteiger partial charge in [0.15, 0.2) is 0 Å². The minimum atomic E-state index is -0.984. The van der Waals surface area contributed by atoms with Crippen molar-refractivity contribution in [2.24, 2.45) is 0 Å². The number of nitrogens with one attached hydrogen (secondary N) is 1. The Kier molecular flexibility index (Phi) is 6.26. The number of hydrogen-bond donors (Lipinski definition) is 1. The first-order valence-corrected chi connectivity index (χ1v) is 7.35. The van der Waals surface area contributed by atoms with Gasteiger partial charge in [-0.3, -0.25) is 9.59 Å². The molecule has 1 atom stereocenters. The van der Waals surface area contributed by atoms with Crippen LogP contribution in [0.4, 0.5) is 8.78 Å². The number of hydrogen-bond acceptors (Lipinski definition) is 2. The summed E-state index contributed by atoms with van der Waals surface area (Å²) < 4.78 is 27.6. The third-order valence-corrected chi connectivity index (χ3v) is 3.48. The molecule has 116 valence electrons. The highest BCUT2D eigenvalue weighted by atomic mass is 79.9. The van der Waals surface area contributed by atoms with E-state index in [1.165, 1.54) is 11.8 Å². The molecule has 0 aliphatic rings. The zero-order valence-electron chi connectivity index (χ0n) is 12.0. The van der Waals surface area contributed by atoms with E-state index < -0.39 is 29.1 Å². The Morgan fingerprint density at radius 1 is 1.24 bits per heavy atom. The quantitative estimate of drug-likeness (QED) is 0.875. The fourth-order valence-electron chi connectivity index (χ4n) is 1.90. The van der Waals surface area contributed by atoms with Gasteiger partial charge in [-0.2, -0.15) is 0 Å². The summed E-state index contributed by atoms with van der Waals surface area (Å²) in [4.78, 5) is 25.5. The van der Waals surface area contributed by atoms with Gasteiger partial charge in [-0.25, -0.2) is 8.78 Å². The molecule has 0 saturated heterocycles. The molecule has 1 aromatic rings. The van der Waals surface area contributed by atoms with Gasteiger partial charge in [-0.15, -0.1) is 0 Å². The van der Waals surface area contributed by atoms with Crippen LogP contribution < -0.4 is 5.32 Å². The molecule has 1 aromatic carbocycles. The van der Waals surface area contributed by atoms with Crippen LogP contribution in [-0.4, -0.2) is 35.8 Å². The zero-order valence-corrected chi connectivity index (χ0v) is 13.6. The lowest BCUT2D eigenvalue weighted by atomic mass is 10.1. The highest BCUT2D eigenvalue weighted by Crippen LogP contribution is 2.19. The van der Waals surface area contributed by atoms with E-state index >= 15 is 0 Å². The molecule has 0 aromatic heterocycles. The van der Waals surface area contributed by atoms with Crippen molar-refractivity contribution in [3.05, 3.63) is 33.8 Å². The Hall–Kier alpha value is -1.50. The lowest BCUT2D eigenvalue weighted by molar-refractivity contribution is -0.132. The molecule has 0 bridgehead atoms. The first-order valence-electron chi connectivity index (χ1n) is 6.55. The van der Waals surface area contributed by atoms with Crippen molar-refractivity contribution in [2.75, 3.05) is 13.1 Å². The predicted molar refractivity (Wildman–Crippen MR) is 78.9 cm³/mol. The summed E-state index contributed by atoms with van der Waals surface area (Å²) in [7, 11) is 0. The molecular formula is C14H17BrF2N2O2. The van der Waals surface area contributed by atoms with Crippen molar-refractivity contribution in [1.82, 2.24) is 10.2 Å². The van der Waals surface area contributed by atoms with Gasteiger partial charge in [0.1, 0.15) is 23.2 Å². The first-order chi connectivity index (χ1) is 9.81. The van der Waals surface area contributed by atoms with Crippen LogP contribution in [0.25, 0.3) is 0 Å². The number of rotatable bonds is 5. The van der Waals surface area contributed by atoms with E-state index in [1.807, 2.05) is 13.8 Å². The van der Waals surface area contributed by atoms with Crippen LogP contribution in [0.2, 0.25) is 0 Å². The Morgan fingerprint density at radius 2 is 1.71 bits per heavy atom. The molecular weight excluding hydrogens is 346 g/mol. The van der Waals surface area contributed by atoms with Crippen LogP contribution in [0, 0.1) is 11.6 Å². The van der Waals surface area contributed by atoms with Gasteiger partial charge in [0.2, 0.25) is 5.91 Å². The maximum absolute atomic E-state index is 13.7. The maximum atomic E-state index is 13.7. The molecule has 0 aliphatic carbocycles. The monoisotopic (exact) mass is 362 g/mol. The highest BCUT2D eigenvalue weighted by molar-refractivity contribution is 9.10. The molecule has 1 rings (SSSR count). The Labute approximate surface area is 130 Å². The highest BCUT2D eigenvalue weighted by Gasteiger charge is 2.24. The van der Waals surface area contributed by atoms with Crippen LogP contribution in [0.15, 0.2) is 16.6 Å². The summed E-state index contributed by atoms with van der Waals surface area (Å²) in [5.41, 5.74) is -0.697. The van der Waals surface area contributed by atoms with Gasteiger partial charge in [-0.1, -0.05) is 15.9 Å². The molecule has 4 nitrogen and oxygen atoms in total. The van der Waals surface area contributed by atoms with Gasteiger partial charge in [-0.05, 0) is 32.9 Å². The smallest absolute Gasteiger partial charge is 0.257 e. The third kappa shape index (κ3) is 4.23. The normalized spacial score (nSPS) is 11.9. The Morgan fingerprint density at radius 3 is 2.14 bits per heavy atom. The number of benzene rings is 1. The lowest BCUT2D eigenvalue weighted by Crippen LogP contribution is -2.47. The molecule has 2 amide bonds. The second-order valence-corrected chi connectivity index (χ2v) is 5.37. The fraction of sp³-hybridized carbons (Fsp3) is 0.429. The van der Waals surface area contributed by atoms with Crippen LogP contribution >= 0.6 is 15.9 Å². The molecule has 0 heterocycles. The molecule has 21 heavy (non-hydrogen) atoms. The minimum Gasteiger partial charge on any atom is -0.341 e. The molecule has 0 fully saturated rings. The molecule has 1 N–H and O–H groups in total. The van der Waals surface area contributed by atoms with E-state index in [9.17, 15) is 18.4 Å². The van der Waals surface area contributed by atoms with Gasteiger partial charge < -0.3 is 10.2 Å². The van der Waals surface area contributed by atoms with Crippen molar-refractivity contribution >= 4 is 27.7 Å². The van der Waals surface area contributed by atoms with Crippen molar-refractivity contribution < 1.29 is 18.4 Å². The molecule has 0 aliphatic heterocycles. The zero-order chi connectivity index (χ0) is 16.2. The summed E-state index contributed by atoms with van der Waals surface area (Å²) in [6.45, 7) is 6.09. The summed E-state index contributed by atoms with van der Waals surface area (Å²) in [6.07, 6.45) is 0. The van der Waals surface area contributed by atoms with Crippen LogP contribution in [-0.2, 0) is 4.79 Å². The van der Waals surface area contributed by atoms with Crippen LogP contribution in [0.1, 0.15) is 31.1 Å². The maximum Gasteiger partial charge on any atom is 0.257 e. The number of carbonyl (C=O) groups excluding carboxylic acids is 2. The van der Waals surface area contributed by atoms with Crippen LogP contribution in [0.3, 0.4) is 0 Å². The van der Waals surface area contributed by atoms with Gasteiger partial charge in [0.25, 0.3) is 5.91 Å². The second-order valence-electron chi connectivity index (χ2n) is 4.45. The summed E-state index contributed by atoms with van der Waals surface area (Å²) in [5, 5.41) is 2.32. The van der Waals surface area contributed by atoms with Crippen molar-refractivity contribution in [2.45, 2.75) is 26.8 Å². The molecule has 0 spiro atoms.